The van der Waals surface area contributed by atoms with Gasteiger partial charge in [0.1, 0.15) is 0 Å². The average molecular weight is 281 g/mol. The predicted molar refractivity (Wildman–Crippen MR) is 82.5 cm³/mol. The molecule has 0 saturated carbocycles. The van der Waals surface area contributed by atoms with Crippen LogP contribution in [0.15, 0.2) is 0 Å². The molecule has 2 aliphatic heterocycles. The highest BCUT2D eigenvalue weighted by molar-refractivity contribution is 5.88. The van der Waals surface area contributed by atoms with E-state index in [0.29, 0.717) is 11.8 Å². The first-order valence-electron chi connectivity index (χ1n) is 8.35. The smallest absolute Gasteiger partial charge is 0.243 e. The molecule has 3 unspecified atom stereocenters. The molecule has 2 aliphatic rings. The van der Waals surface area contributed by atoms with E-state index < -0.39 is 0 Å². The lowest BCUT2D eigenvalue weighted by molar-refractivity contribution is -0.133. The van der Waals surface area contributed by atoms with Crippen molar-refractivity contribution in [2.45, 2.75) is 65.1 Å². The first kappa shape index (κ1) is 15.8. The number of nitrogens with one attached hydrogen (secondary N) is 1. The van der Waals surface area contributed by atoms with Crippen molar-refractivity contribution in [2.24, 2.45) is 5.92 Å². The Hall–Kier alpha value is -0.610. The van der Waals surface area contributed by atoms with Crippen molar-refractivity contribution < 1.29 is 4.79 Å². The summed E-state index contributed by atoms with van der Waals surface area (Å²) < 4.78 is 0. The third-order valence-corrected chi connectivity index (χ3v) is 5.14. The van der Waals surface area contributed by atoms with Crippen molar-refractivity contribution in [3.05, 3.63) is 0 Å². The fraction of sp³-hybridized carbons (Fsp3) is 0.938. The van der Waals surface area contributed by atoms with Gasteiger partial charge >= 0.3 is 0 Å². The SMILES string of the molecule is CCCC1NC(C)(CC)C(=O)N1CC1CCN(CC)C1. The summed E-state index contributed by atoms with van der Waals surface area (Å²) in [4.78, 5) is 17.4. The third-order valence-electron chi connectivity index (χ3n) is 5.14. The fourth-order valence-electron chi connectivity index (χ4n) is 3.56. The van der Waals surface area contributed by atoms with Crippen LogP contribution in [-0.4, -0.2) is 53.6 Å². The highest BCUT2D eigenvalue weighted by atomic mass is 16.2. The van der Waals surface area contributed by atoms with Gasteiger partial charge in [-0.2, -0.15) is 0 Å². The monoisotopic (exact) mass is 281 g/mol. The van der Waals surface area contributed by atoms with Crippen molar-refractivity contribution in [3.63, 3.8) is 0 Å². The van der Waals surface area contributed by atoms with E-state index in [1.165, 1.54) is 13.0 Å². The average Bonchev–Trinajstić information content (AvgIpc) is 2.99. The number of carbonyl (C=O) groups excluding carboxylic acids is 1. The highest BCUT2D eigenvalue weighted by Gasteiger charge is 2.46. The van der Waals surface area contributed by atoms with E-state index in [-0.39, 0.29) is 11.7 Å². The van der Waals surface area contributed by atoms with Crippen LogP contribution >= 0.6 is 0 Å². The zero-order chi connectivity index (χ0) is 14.8. The summed E-state index contributed by atoms with van der Waals surface area (Å²) >= 11 is 0. The molecule has 0 bridgehead atoms. The van der Waals surface area contributed by atoms with E-state index >= 15 is 0 Å². The van der Waals surface area contributed by atoms with Crippen LogP contribution in [0.25, 0.3) is 0 Å². The molecule has 4 heteroatoms. The number of carbonyl (C=O) groups is 1. The Morgan fingerprint density at radius 2 is 2.10 bits per heavy atom. The summed E-state index contributed by atoms with van der Waals surface area (Å²) in [6.45, 7) is 13.0. The predicted octanol–water partition coefficient (Wildman–Crippen LogP) is 2.05. The number of nitrogens with zero attached hydrogens (tertiary/aromatic N) is 2. The largest absolute Gasteiger partial charge is 0.325 e. The Kier molecular flexibility index (Phi) is 5.08. The number of likely N-dealkylation sites (tertiary alicyclic amines) is 1. The van der Waals surface area contributed by atoms with Crippen molar-refractivity contribution in [1.29, 1.82) is 0 Å². The molecule has 2 fully saturated rings. The summed E-state index contributed by atoms with van der Waals surface area (Å²) in [5, 5.41) is 3.58. The quantitative estimate of drug-likeness (QED) is 0.809. The van der Waals surface area contributed by atoms with E-state index in [1.54, 1.807) is 0 Å². The van der Waals surface area contributed by atoms with Gasteiger partial charge in [-0.1, -0.05) is 27.2 Å². The van der Waals surface area contributed by atoms with Gasteiger partial charge in [0.05, 0.1) is 11.7 Å². The summed E-state index contributed by atoms with van der Waals surface area (Å²) in [5.74, 6) is 0.965. The van der Waals surface area contributed by atoms with Gasteiger partial charge in [0.2, 0.25) is 5.91 Å². The Morgan fingerprint density at radius 1 is 1.35 bits per heavy atom. The summed E-state index contributed by atoms with van der Waals surface area (Å²) in [7, 11) is 0. The minimum Gasteiger partial charge on any atom is -0.325 e. The van der Waals surface area contributed by atoms with Crippen LogP contribution in [0.3, 0.4) is 0 Å². The van der Waals surface area contributed by atoms with Crippen molar-refractivity contribution in [1.82, 2.24) is 15.1 Å². The van der Waals surface area contributed by atoms with E-state index in [9.17, 15) is 4.79 Å². The molecule has 0 aromatic carbocycles. The van der Waals surface area contributed by atoms with Crippen LogP contribution in [0.1, 0.15) is 53.4 Å². The maximum absolute atomic E-state index is 12.7. The summed E-state index contributed by atoms with van der Waals surface area (Å²) in [5.41, 5.74) is -0.344. The Bertz CT molecular complexity index is 347. The summed E-state index contributed by atoms with van der Waals surface area (Å²) in [6.07, 6.45) is 4.53. The molecular weight excluding hydrogens is 250 g/mol. The van der Waals surface area contributed by atoms with Crippen molar-refractivity contribution >= 4 is 5.91 Å². The minimum atomic E-state index is -0.344. The second-order valence-electron chi connectivity index (χ2n) is 6.64. The molecule has 1 amide bonds. The Balaban J connectivity index is 2.02. The van der Waals surface area contributed by atoms with Gasteiger partial charge in [-0.3, -0.25) is 10.1 Å². The van der Waals surface area contributed by atoms with Crippen LogP contribution in [0, 0.1) is 5.92 Å². The molecular formula is C16H31N3O. The van der Waals surface area contributed by atoms with E-state index in [2.05, 4.69) is 42.8 Å². The van der Waals surface area contributed by atoms with Crippen LogP contribution in [-0.2, 0) is 4.79 Å². The molecule has 4 nitrogen and oxygen atoms in total. The van der Waals surface area contributed by atoms with E-state index in [4.69, 9.17) is 0 Å². The molecule has 116 valence electrons. The molecule has 20 heavy (non-hydrogen) atoms. The van der Waals surface area contributed by atoms with Gasteiger partial charge in [0.15, 0.2) is 0 Å². The molecule has 1 N–H and O–H groups in total. The minimum absolute atomic E-state index is 0.244. The van der Waals surface area contributed by atoms with Crippen LogP contribution in [0.5, 0.6) is 0 Å². The molecule has 2 heterocycles. The molecule has 3 atom stereocenters. The molecule has 0 aliphatic carbocycles. The van der Waals surface area contributed by atoms with Crippen molar-refractivity contribution in [3.8, 4) is 0 Å². The number of hydrogen-bond donors (Lipinski definition) is 1. The first-order chi connectivity index (χ1) is 9.54. The molecule has 0 aromatic rings. The molecule has 0 radical (unpaired) electrons. The first-order valence-corrected chi connectivity index (χ1v) is 8.35. The van der Waals surface area contributed by atoms with Gasteiger partial charge < -0.3 is 9.80 Å². The maximum atomic E-state index is 12.7. The molecule has 0 spiro atoms. The van der Waals surface area contributed by atoms with E-state index in [1.807, 2.05) is 0 Å². The molecule has 0 aromatic heterocycles. The fourth-order valence-corrected chi connectivity index (χ4v) is 3.56. The Morgan fingerprint density at radius 3 is 2.65 bits per heavy atom. The third kappa shape index (κ3) is 3.01. The van der Waals surface area contributed by atoms with Gasteiger partial charge in [0.25, 0.3) is 0 Å². The van der Waals surface area contributed by atoms with Gasteiger partial charge in [-0.25, -0.2) is 0 Å². The zero-order valence-corrected chi connectivity index (χ0v) is 13.6. The topological polar surface area (TPSA) is 35.6 Å². The molecule has 2 rings (SSSR count). The normalized spacial score (nSPS) is 35.2. The maximum Gasteiger partial charge on any atom is 0.243 e. The van der Waals surface area contributed by atoms with E-state index in [0.717, 1.165) is 38.9 Å². The Labute approximate surface area is 123 Å². The number of hydrogen-bond acceptors (Lipinski definition) is 3. The lowest BCUT2D eigenvalue weighted by atomic mass is 9.99. The highest BCUT2D eigenvalue weighted by Crippen LogP contribution is 2.28. The van der Waals surface area contributed by atoms with Crippen molar-refractivity contribution in [2.75, 3.05) is 26.2 Å². The lowest BCUT2D eigenvalue weighted by Gasteiger charge is -2.27. The van der Waals surface area contributed by atoms with Crippen LogP contribution in [0.2, 0.25) is 0 Å². The molecule has 2 saturated heterocycles. The second kappa shape index (κ2) is 6.44. The van der Waals surface area contributed by atoms with Crippen LogP contribution < -0.4 is 5.32 Å². The van der Waals surface area contributed by atoms with Crippen LogP contribution in [0.4, 0.5) is 0 Å². The van der Waals surface area contributed by atoms with Gasteiger partial charge in [0, 0.05) is 13.1 Å². The van der Waals surface area contributed by atoms with Gasteiger partial charge in [-0.05, 0) is 45.2 Å². The summed E-state index contributed by atoms with van der Waals surface area (Å²) in [6, 6.07) is 0. The van der Waals surface area contributed by atoms with Gasteiger partial charge in [-0.15, -0.1) is 0 Å². The standard InChI is InChI=1S/C16H31N3O/c1-5-8-14-17-16(4,6-2)15(20)19(14)12-13-9-10-18(7-3)11-13/h13-14,17H,5-12H2,1-4H3. The number of amides is 1. The number of rotatable bonds is 6. The second-order valence-corrected chi connectivity index (χ2v) is 6.64. The zero-order valence-electron chi connectivity index (χ0n) is 13.6. The lowest BCUT2D eigenvalue weighted by Crippen LogP contribution is -2.43.